The van der Waals surface area contributed by atoms with Crippen molar-refractivity contribution in [1.29, 1.82) is 0 Å². The van der Waals surface area contributed by atoms with Gasteiger partial charge in [-0.1, -0.05) is 30.3 Å². The summed E-state index contributed by atoms with van der Waals surface area (Å²) in [4.78, 5) is 26.4. The Bertz CT molecular complexity index is 500. The van der Waals surface area contributed by atoms with E-state index in [2.05, 4.69) is 22.3 Å². The highest BCUT2D eigenvalue weighted by Gasteiger charge is 2.51. The Balaban J connectivity index is 1.75. The van der Waals surface area contributed by atoms with Crippen LogP contribution in [0.4, 0.5) is 0 Å². The molecule has 2 aliphatic heterocycles. The number of piperidine rings is 1. The second-order valence-corrected chi connectivity index (χ2v) is 5.46. The van der Waals surface area contributed by atoms with E-state index in [1.807, 2.05) is 18.2 Å². The van der Waals surface area contributed by atoms with E-state index in [9.17, 15) is 9.59 Å². The SMILES string of the molecule is O=C1CCN(Cc2ccccc2)CC12CCNC2=O. The van der Waals surface area contributed by atoms with E-state index in [1.165, 1.54) is 5.56 Å². The third-order valence-electron chi connectivity index (χ3n) is 4.20. The van der Waals surface area contributed by atoms with Gasteiger partial charge < -0.3 is 5.32 Å². The number of benzene rings is 1. The van der Waals surface area contributed by atoms with Gasteiger partial charge in [0.25, 0.3) is 0 Å². The molecule has 2 fully saturated rings. The molecule has 1 spiro atoms. The zero-order valence-corrected chi connectivity index (χ0v) is 10.9. The van der Waals surface area contributed by atoms with Crippen LogP contribution in [0.1, 0.15) is 18.4 Å². The van der Waals surface area contributed by atoms with Crippen LogP contribution in [0.5, 0.6) is 0 Å². The van der Waals surface area contributed by atoms with Gasteiger partial charge in [-0.2, -0.15) is 0 Å². The van der Waals surface area contributed by atoms with Gasteiger partial charge in [0, 0.05) is 32.6 Å². The molecular weight excluding hydrogens is 240 g/mol. The summed E-state index contributed by atoms with van der Waals surface area (Å²) < 4.78 is 0. The smallest absolute Gasteiger partial charge is 0.235 e. The predicted octanol–water partition coefficient (Wildman–Crippen LogP) is 0.968. The van der Waals surface area contributed by atoms with E-state index in [0.717, 1.165) is 13.1 Å². The number of likely N-dealkylation sites (tertiary alicyclic amines) is 1. The summed E-state index contributed by atoms with van der Waals surface area (Å²) >= 11 is 0. The van der Waals surface area contributed by atoms with Gasteiger partial charge in [0.2, 0.25) is 5.91 Å². The maximum atomic E-state index is 12.1. The number of hydrogen-bond acceptors (Lipinski definition) is 3. The van der Waals surface area contributed by atoms with Gasteiger partial charge >= 0.3 is 0 Å². The van der Waals surface area contributed by atoms with Crippen molar-refractivity contribution in [3.05, 3.63) is 35.9 Å². The molecule has 4 heteroatoms. The highest BCUT2D eigenvalue weighted by molar-refractivity contribution is 6.08. The lowest BCUT2D eigenvalue weighted by Gasteiger charge is -2.37. The maximum absolute atomic E-state index is 12.1. The summed E-state index contributed by atoms with van der Waals surface area (Å²) in [5.41, 5.74) is 0.456. The number of rotatable bonds is 2. The third kappa shape index (κ3) is 2.16. The van der Waals surface area contributed by atoms with Crippen LogP contribution in [0.3, 0.4) is 0 Å². The zero-order chi connectivity index (χ0) is 13.3. The molecule has 2 saturated heterocycles. The van der Waals surface area contributed by atoms with E-state index in [4.69, 9.17) is 0 Å². The third-order valence-corrected chi connectivity index (χ3v) is 4.20. The normalized spacial score (nSPS) is 27.8. The van der Waals surface area contributed by atoms with Crippen molar-refractivity contribution in [3.63, 3.8) is 0 Å². The molecule has 1 amide bonds. The predicted molar refractivity (Wildman–Crippen MR) is 71.4 cm³/mol. The van der Waals surface area contributed by atoms with Crippen LogP contribution in [0.15, 0.2) is 30.3 Å². The molecule has 100 valence electrons. The number of Topliss-reactive ketones (excluding diaryl/α,β-unsaturated/α-hetero) is 1. The van der Waals surface area contributed by atoms with Crippen molar-refractivity contribution < 1.29 is 9.59 Å². The summed E-state index contributed by atoms with van der Waals surface area (Å²) in [6.45, 7) is 2.75. The lowest BCUT2D eigenvalue weighted by atomic mass is 9.77. The molecule has 3 rings (SSSR count). The molecule has 1 aromatic rings. The Kier molecular flexibility index (Phi) is 3.11. The lowest BCUT2D eigenvalue weighted by Crippen LogP contribution is -2.52. The molecule has 1 N–H and O–H groups in total. The number of nitrogens with zero attached hydrogens (tertiary/aromatic N) is 1. The van der Waals surface area contributed by atoms with Crippen LogP contribution in [0, 0.1) is 5.41 Å². The average Bonchev–Trinajstić information content (AvgIpc) is 2.78. The van der Waals surface area contributed by atoms with Crippen LogP contribution in [0.2, 0.25) is 0 Å². The molecule has 2 aliphatic rings. The Hall–Kier alpha value is -1.68. The van der Waals surface area contributed by atoms with Gasteiger partial charge in [-0.05, 0) is 12.0 Å². The largest absolute Gasteiger partial charge is 0.355 e. The van der Waals surface area contributed by atoms with Crippen molar-refractivity contribution >= 4 is 11.7 Å². The molecule has 0 bridgehead atoms. The lowest BCUT2D eigenvalue weighted by molar-refractivity contribution is -0.144. The molecule has 1 unspecified atom stereocenters. The Morgan fingerprint density at radius 2 is 2.00 bits per heavy atom. The molecule has 19 heavy (non-hydrogen) atoms. The van der Waals surface area contributed by atoms with E-state index in [1.54, 1.807) is 0 Å². The first-order valence-electron chi connectivity index (χ1n) is 6.79. The number of nitrogens with one attached hydrogen (secondary N) is 1. The first-order valence-corrected chi connectivity index (χ1v) is 6.79. The Morgan fingerprint density at radius 3 is 2.68 bits per heavy atom. The fourth-order valence-corrected chi connectivity index (χ4v) is 3.11. The van der Waals surface area contributed by atoms with Gasteiger partial charge in [0.15, 0.2) is 5.78 Å². The number of carbonyl (C=O) groups is 2. The summed E-state index contributed by atoms with van der Waals surface area (Å²) in [7, 11) is 0. The number of ketones is 1. The van der Waals surface area contributed by atoms with Crippen LogP contribution in [-0.4, -0.2) is 36.2 Å². The Labute approximate surface area is 112 Å². The molecule has 0 saturated carbocycles. The summed E-state index contributed by atoms with van der Waals surface area (Å²) in [6.07, 6.45) is 1.14. The van der Waals surface area contributed by atoms with Crippen LogP contribution >= 0.6 is 0 Å². The van der Waals surface area contributed by atoms with Crippen LogP contribution < -0.4 is 5.32 Å². The topological polar surface area (TPSA) is 49.4 Å². The van der Waals surface area contributed by atoms with Crippen molar-refractivity contribution in [2.75, 3.05) is 19.6 Å². The van der Waals surface area contributed by atoms with Crippen molar-refractivity contribution in [3.8, 4) is 0 Å². The van der Waals surface area contributed by atoms with Crippen molar-refractivity contribution in [2.45, 2.75) is 19.4 Å². The Morgan fingerprint density at radius 1 is 1.21 bits per heavy atom. The molecule has 0 aliphatic carbocycles. The van der Waals surface area contributed by atoms with Gasteiger partial charge in [0.1, 0.15) is 5.41 Å². The highest BCUT2D eigenvalue weighted by atomic mass is 16.2. The first-order chi connectivity index (χ1) is 9.21. The monoisotopic (exact) mass is 258 g/mol. The maximum Gasteiger partial charge on any atom is 0.235 e. The zero-order valence-electron chi connectivity index (χ0n) is 10.9. The molecular formula is C15H18N2O2. The van der Waals surface area contributed by atoms with E-state index >= 15 is 0 Å². The van der Waals surface area contributed by atoms with Gasteiger partial charge in [-0.3, -0.25) is 14.5 Å². The molecule has 1 atom stereocenters. The minimum atomic E-state index is -0.771. The number of carbonyl (C=O) groups excluding carboxylic acids is 2. The molecule has 4 nitrogen and oxygen atoms in total. The first kappa shape index (κ1) is 12.4. The van der Waals surface area contributed by atoms with Crippen LogP contribution in [0.25, 0.3) is 0 Å². The minimum absolute atomic E-state index is 0.0738. The highest BCUT2D eigenvalue weighted by Crippen LogP contribution is 2.34. The summed E-state index contributed by atoms with van der Waals surface area (Å²) in [6, 6.07) is 10.2. The van der Waals surface area contributed by atoms with Gasteiger partial charge in [-0.15, -0.1) is 0 Å². The molecule has 0 aromatic heterocycles. The molecule has 2 heterocycles. The second-order valence-electron chi connectivity index (χ2n) is 5.46. The second kappa shape index (κ2) is 4.78. The average molecular weight is 258 g/mol. The van der Waals surface area contributed by atoms with Crippen molar-refractivity contribution in [2.24, 2.45) is 5.41 Å². The molecule has 0 radical (unpaired) electrons. The fraction of sp³-hybridized carbons (Fsp3) is 0.467. The molecule has 1 aromatic carbocycles. The fourth-order valence-electron chi connectivity index (χ4n) is 3.11. The standard InChI is InChI=1S/C15H18N2O2/c18-13-6-9-17(10-12-4-2-1-3-5-12)11-15(13)7-8-16-14(15)19/h1-5H,6-11H2,(H,16,19). The summed E-state index contributed by atoms with van der Waals surface area (Å²) in [5, 5.41) is 2.81. The van der Waals surface area contributed by atoms with Gasteiger partial charge in [0.05, 0.1) is 0 Å². The minimum Gasteiger partial charge on any atom is -0.355 e. The van der Waals surface area contributed by atoms with Crippen LogP contribution in [-0.2, 0) is 16.1 Å². The van der Waals surface area contributed by atoms with Gasteiger partial charge in [-0.25, -0.2) is 0 Å². The van der Waals surface area contributed by atoms with E-state index in [0.29, 0.717) is 25.9 Å². The quantitative estimate of drug-likeness (QED) is 0.804. The van der Waals surface area contributed by atoms with E-state index < -0.39 is 5.41 Å². The van der Waals surface area contributed by atoms with E-state index in [-0.39, 0.29) is 11.7 Å². The number of amides is 1. The van der Waals surface area contributed by atoms with Crippen molar-refractivity contribution in [1.82, 2.24) is 10.2 Å². The summed E-state index contributed by atoms with van der Waals surface area (Å²) in [5.74, 6) is 0.0436. The number of hydrogen-bond donors (Lipinski definition) is 1.